The second-order valence-electron chi connectivity index (χ2n) is 6.49. The summed E-state index contributed by atoms with van der Waals surface area (Å²) in [6.07, 6.45) is 0. The molecule has 0 aliphatic rings. The third-order valence-electron chi connectivity index (χ3n) is 4.29. The molecule has 27 heavy (non-hydrogen) atoms. The minimum atomic E-state index is -0.230. The Morgan fingerprint density at radius 2 is 1.56 bits per heavy atom. The van der Waals surface area contributed by atoms with E-state index in [-0.39, 0.29) is 18.0 Å². The van der Waals surface area contributed by atoms with Gasteiger partial charge in [-0.3, -0.25) is 0 Å². The number of carbonyl (C=O) groups excluding carboxylic acids is 1. The Morgan fingerprint density at radius 1 is 0.963 bits per heavy atom. The van der Waals surface area contributed by atoms with Gasteiger partial charge in [0.05, 0.1) is 27.4 Å². The van der Waals surface area contributed by atoms with Gasteiger partial charge >= 0.3 is 6.03 Å². The zero-order valence-electron chi connectivity index (χ0n) is 16.5. The van der Waals surface area contributed by atoms with Crippen molar-refractivity contribution in [1.82, 2.24) is 10.6 Å². The molecule has 2 amide bonds. The molecule has 2 rings (SSSR count). The minimum absolute atomic E-state index is 0.0638. The summed E-state index contributed by atoms with van der Waals surface area (Å²) >= 11 is 0. The molecule has 0 aliphatic heterocycles. The molecule has 0 heterocycles. The number of rotatable bonds is 8. The van der Waals surface area contributed by atoms with Crippen LogP contribution in [0.2, 0.25) is 0 Å². The highest BCUT2D eigenvalue weighted by atomic mass is 16.5. The first-order valence-electron chi connectivity index (χ1n) is 8.88. The van der Waals surface area contributed by atoms with Crippen LogP contribution >= 0.6 is 0 Å². The van der Waals surface area contributed by atoms with Gasteiger partial charge in [-0.15, -0.1) is 0 Å². The lowest BCUT2D eigenvalue weighted by molar-refractivity contribution is 0.232. The molecule has 0 saturated carbocycles. The summed E-state index contributed by atoms with van der Waals surface area (Å²) in [4.78, 5) is 12.4. The average molecular weight is 372 g/mol. The summed E-state index contributed by atoms with van der Waals surface area (Å²) in [5.74, 6) is 1.90. The van der Waals surface area contributed by atoms with E-state index in [2.05, 4.69) is 24.5 Å². The van der Waals surface area contributed by atoms with Gasteiger partial charge in [0.1, 0.15) is 0 Å². The van der Waals surface area contributed by atoms with Crippen LogP contribution in [0.3, 0.4) is 0 Å². The highest BCUT2D eigenvalue weighted by molar-refractivity contribution is 5.74. The van der Waals surface area contributed by atoms with Crippen LogP contribution in [0.1, 0.15) is 31.0 Å². The Kier molecular flexibility index (Phi) is 7.34. The van der Waals surface area contributed by atoms with E-state index in [1.165, 1.54) is 0 Å². The molecule has 0 saturated heterocycles. The Labute approximate surface area is 160 Å². The molecule has 146 valence electrons. The zero-order chi connectivity index (χ0) is 19.8. The molecule has 1 unspecified atom stereocenters. The average Bonchev–Trinajstić information content (AvgIpc) is 2.69. The van der Waals surface area contributed by atoms with Gasteiger partial charge in [-0.25, -0.2) is 4.79 Å². The first-order valence-corrected chi connectivity index (χ1v) is 8.88. The molecule has 2 aromatic carbocycles. The van der Waals surface area contributed by atoms with Crippen molar-refractivity contribution in [1.29, 1.82) is 0 Å². The lowest BCUT2D eigenvalue weighted by Crippen LogP contribution is -2.39. The van der Waals surface area contributed by atoms with Gasteiger partial charge in [-0.05, 0) is 29.2 Å². The molecule has 0 aliphatic carbocycles. The number of hydrogen-bond acceptors (Lipinski definition) is 4. The van der Waals surface area contributed by atoms with E-state index in [0.29, 0.717) is 23.8 Å². The molecule has 0 spiro atoms. The van der Waals surface area contributed by atoms with Gasteiger partial charge in [0.2, 0.25) is 5.75 Å². The SMILES string of the molecule is COc1cc(CNC(=O)NC(c2ccccc2)C(C)C)cc(OC)c1OC. The lowest BCUT2D eigenvalue weighted by atomic mass is 9.96. The van der Waals surface area contributed by atoms with Crippen molar-refractivity contribution in [3.8, 4) is 17.2 Å². The Morgan fingerprint density at radius 3 is 2.04 bits per heavy atom. The van der Waals surface area contributed by atoms with Gasteiger partial charge in [0.15, 0.2) is 11.5 Å². The number of nitrogens with one attached hydrogen (secondary N) is 2. The largest absolute Gasteiger partial charge is 0.493 e. The van der Waals surface area contributed by atoms with Gasteiger partial charge in [0.25, 0.3) is 0 Å². The number of amides is 2. The van der Waals surface area contributed by atoms with Crippen LogP contribution in [0.5, 0.6) is 17.2 Å². The van der Waals surface area contributed by atoms with Crippen molar-refractivity contribution in [2.45, 2.75) is 26.4 Å². The van der Waals surface area contributed by atoms with E-state index in [0.717, 1.165) is 11.1 Å². The Bertz CT molecular complexity index is 722. The van der Waals surface area contributed by atoms with Crippen LogP contribution in [0, 0.1) is 5.92 Å². The highest BCUT2D eigenvalue weighted by Crippen LogP contribution is 2.38. The second-order valence-corrected chi connectivity index (χ2v) is 6.49. The number of carbonyl (C=O) groups is 1. The van der Waals surface area contributed by atoms with Crippen LogP contribution in [0.15, 0.2) is 42.5 Å². The van der Waals surface area contributed by atoms with Crippen molar-refractivity contribution in [3.05, 3.63) is 53.6 Å². The van der Waals surface area contributed by atoms with Crippen molar-refractivity contribution < 1.29 is 19.0 Å². The van der Waals surface area contributed by atoms with E-state index >= 15 is 0 Å². The first kappa shape index (κ1) is 20.4. The second kappa shape index (κ2) is 9.71. The Balaban J connectivity index is 2.06. The molecule has 2 aromatic rings. The van der Waals surface area contributed by atoms with Gasteiger partial charge in [0, 0.05) is 6.54 Å². The molecule has 6 heteroatoms. The Hall–Kier alpha value is -2.89. The van der Waals surface area contributed by atoms with Gasteiger partial charge in [-0.1, -0.05) is 44.2 Å². The third-order valence-corrected chi connectivity index (χ3v) is 4.29. The van der Waals surface area contributed by atoms with Crippen molar-refractivity contribution in [3.63, 3.8) is 0 Å². The van der Waals surface area contributed by atoms with Crippen LogP contribution in [-0.2, 0) is 6.54 Å². The van der Waals surface area contributed by atoms with Crippen molar-refractivity contribution in [2.75, 3.05) is 21.3 Å². The number of hydrogen-bond donors (Lipinski definition) is 2. The van der Waals surface area contributed by atoms with Crippen LogP contribution in [0.4, 0.5) is 4.79 Å². The number of urea groups is 1. The fraction of sp³-hybridized carbons (Fsp3) is 0.381. The van der Waals surface area contributed by atoms with Crippen molar-refractivity contribution in [2.24, 2.45) is 5.92 Å². The van der Waals surface area contributed by atoms with E-state index < -0.39 is 0 Å². The normalized spacial score (nSPS) is 11.6. The summed E-state index contributed by atoms with van der Waals surface area (Å²) in [5, 5.41) is 5.94. The molecule has 0 aromatic heterocycles. The van der Waals surface area contributed by atoms with Gasteiger partial charge < -0.3 is 24.8 Å². The maximum Gasteiger partial charge on any atom is 0.315 e. The molecule has 2 N–H and O–H groups in total. The standard InChI is InChI=1S/C21H28N2O4/c1-14(2)19(16-9-7-6-8-10-16)23-21(24)22-13-15-11-17(25-3)20(27-5)18(12-15)26-4/h6-12,14,19H,13H2,1-5H3,(H2,22,23,24). The number of methoxy groups -OCH3 is 3. The molecule has 0 radical (unpaired) electrons. The van der Waals surface area contributed by atoms with Crippen LogP contribution < -0.4 is 24.8 Å². The molecular formula is C21H28N2O4. The fourth-order valence-electron chi connectivity index (χ4n) is 2.91. The molecule has 0 bridgehead atoms. The van der Waals surface area contributed by atoms with E-state index in [9.17, 15) is 4.79 Å². The van der Waals surface area contributed by atoms with Gasteiger partial charge in [-0.2, -0.15) is 0 Å². The zero-order valence-corrected chi connectivity index (χ0v) is 16.5. The van der Waals surface area contributed by atoms with E-state index in [1.807, 2.05) is 42.5 Å². The summed E-state index contributed by atoms with van der Waals surface area (Å²) < 4.78 is 16.0. The van der Waals surface area contributed by atoms with E-state index in [1.54, 1.807) is 21.3 Å². The maximum atomic E-state index is 12.4. The number of benzene rings is 2. The fourth-order valence-corrected chi connectivity index (χ4v) is 2.91. The number of ether oxygens (including phenoxy) is 3. The molecular weight excluding hydrogens is 344 g/mol. The highest BCUT2D eigenvalue weighted by Gasteiger charge is 2.18. The van der Waals surface area contributed by atoms with Crippen molar-refractivity contribution >= 4 is 6.03 Å². The summed E-state index contributed by atoms with van der Waals surface area (Å²) in [6.45, 7) is 4.50. The van der Waals surface area contributed by atoms with Crippen LogP contribution in [-0.4, -0.2) is 27.4 Å². The predicted octanol–water partition coefficient (Wildman–Crippen LogP) is 3.91. The smallest absolute Gasteiger partial charge is 0.315 e. The predicted molar refractivity (Wildman–Crippen MR) is 105 cm³/mol. The lowest BCUT2D eigenvalue weighted by Gasteiger charge is -2.23. The first-order chi connectivity index (χ1) is 13.0. The topological polar surface area (TPSA) is 68.8 Å². The molecule has 0 fully saturated rings. The monoisotopic (exact) mass is 372 g/mol. The molecule has 1 atom stereocenters. The molecule has 6 nitrogen and oxygen atoms in total. The summed E-state index contributed by atoms with van der Waals surface area (Å²) in [7, 11) is 4.68. The maximum absolute atomic E-state index is 12.4. The minimum Gasteiger partial charge on any atom is -0.493 e. The third kappa shape index (κ3) is 5.29. The van der Waals surface area contributed by atoms with Crippen LogP contribution in [0.25, 0.3) is 0 Å². The summed E-state index contributed by atoms with van der Waals surface area (Å²) in [6, 6.07) is 13.3. The van der Waals surface area contributed by atoms with E-state index in [4.69, 9.17) is 14.2 Å². The summed E-state index contributed by atoms with van der Waals surface area (Å²) in [5.41, 5.74) is 1.93. The quantitative estimate of drug-likeness (QED) is 0.737.